The summed E-state index contributed by atoms with van der Waals surface area (Å²) in [5, 5.41) is 2.37. The van der Waals surface area contributed by atoms with Crippen LogP contribution in [0.25, 0.3) is 0 Å². The lowest BCUT2D eigenvalue weighted by molar-refractivity contribution is -0.296. The zero-order valence-electron chi connectivity index (χ0n) is 10.4. The number of alkyl halides is 6. The average Bonchev–Trinajstić information content (AvgIpc) is 2.26. The van der Waals surface area contributed by atoms with Crippen molar-refractivity contribution in [2.75, 3.05) is 19.8 Å². The topological polar surface area (TPSA) is 21.3 Å². The highest BCUT2D eigenvalue weighted by atomic mass is 19.4. The summed E-state index contributed by atoms with van der Waals surface area (Å²) in [6, 6.07) is -1.64. The molecule has 1 unspecified atom stereocenters. The first kappa shape index (κ1) is 16.6. The van der Waals surface area contributed by atoms with E-state index in [0.29, 0.717) is 0 Å². The van der Waals surface area contributed by atoms with Gasteiger partial charge in [0.25, 0.3) is 0 Å². The molecule has 1 aliphatic heterocycles. The summed E-state index contributed by atoms with van der Waals surface area (Å²) in [6.07, 6.45) is -10.2. The van der Waals surface area contributed by atoms with Crippen molar-refractivity contribution in [2.24, 2.45) is 11.8 Å². The van der Waals surface area contributed by atoms with Crippen molar-refractivity contribution in [3.05, 3.63) is 0 Å². The highest BCUT2D eigenvalue weighted by molar-refractivity contribution is 4.91. The number of hydrogen-bond acceptors (Lipinski definition) is 2. The Hall–Kier alpha value is -0.500. The van der Waals surface area contributed by atoms with E-state index in [1.165, 1.54) is 6.92 Å². The lowest BCUT2D eigenvalue weighted by Gasteiger charge is -2.37. The Morgan fingerprint density at radius 1 is 1.05 bits per heavy atom. The van der Waals surface area contributed by atoms with Crippen molar-refractivity contribution in [2.45, 2.75) is 38.2 Å². The number of hydrogen-bond donors (Lipinski definition) is 1. The minimum absolute atomic E-state index is 0.0602. The Labute approximate surface area is 107 Å². The monoisotopic (exact) mass is 293 g/mol. The smallest absolute Gasteiger partial charge is 0.381 e. The van der Waals surface area contributed by atoms with Crippen LogP contribution in [0.1, 0.15) is 19.8 Å². The third kappa shape index (κ3) is 4.52. The molecule has 1 aliphatic rings. The molecule has 1 N–H and O–H groups in total. The molecule has 114 valence electrons. The van der Waals surface area contributed by atoms with Gasteiger partial charge in [-0.2, -0.15) is 26.3 Å². The molecule has 1 saturated heterocycles. The quantitative estimate of drug-likeness (QED) is 0.804. The van der Waals surface area contributed by atoms with E-state index in [1.807, 2.05) is 0 Å². The Balaban J connectivity index is 2.97. The summed E-state index contributed by atoms with van der Waals surface area (Å²) < 4.78 is 81.5. The molecule has 0 radical (unpaired) electrons. The third-order valence-electron chi connectivity index (χ3n) is 3.28. The van der Waals surface area contributed by atoms with Crippen LogP contribution in [0.5, 0.6) is 0 Å². The van der Waals surface area contributed by atoms with Gasteiger partial charge in [-0.1, -0.05) is 6.92 Å². The second-order valence-electron chi connectivity index (χ2n) is 4.59. The Kier molecular flexibility index (Phi) is 5.49. The highest BCUT2D eigenvalue weighted by Crippen LogP contribution is 2.44. The maximum atomic E-state index is 12.8. The van der Waals surface area contributed by atoms with E-state index >= 15 is 0 Å². The number of halogens is 6. The summed E-state index contributed by atoms with van der Waals surface area (Å²) in [4.78, 5) is 0. The first-order chi connectivity index (χ1) is 8.68. The molecule has 19 heavy (non-hydrogen) atoms. The molecule has 0 bridgehead atoms. The Morgan fingerprint density at radius 3 is 1.89 bits per heavy atom. The van der Waals surface area contributed by atoms with Gasteiger partial charge >= 0.3 is 12.4 Å². The van der Waals surface area contributed by atoms with E-state index in [1.54, 1.807) is 0 Å². The zero-order chi connectivity index (χ0) is 14.7. The molecule has 1 atom stereocenters. The van der Waals surface area contributed by atoms with E-state index in [2.05, 4.69) is 5.32 Å². The SMILES string of the molecule is CCNC(C1CCOCC1)C(C(F)(F)F)C(F)(F)F. The van der Waals surface area contributed by atoms with Gasteiger partial charge in [0.1, 0.15) is 0 Å². The van der Waals surface area contributed by atoms with Gasteiger partial charge in [-0.05, 0) is 25.3 Å². The van der Waals surface area contributed by atoms with Crippen LogP contribution in [-0.4, -0.2) is 38.2 Å². The molecule has 8 heteroatoms. The van der Waals surface area contributed by atoms with Gasteiger partial charge in [0.15, 0.2) is 5.92 Å². The maximum absolute atomic E-state index is 12.8. The summed E-state index contributed by atoms with van der Waals surface area (Å²) in [5.74, 6) is -4.01. The Morgan fingerprint density at radius 2 is 1.53 bits per heavy atom. The number of rotatable bonds is 4. The molecule has 1 fully saturated rings. The van der Waals surface area contributed by atoms with Gasteiger partial charge in [0, 0.05) is 19.3 Å². The second-order valence-corrected chi connectivity index (χ2v) is 4.59. The van der Waals surface area contributed by atoms with Gasteiger partial charge in [0.05, 0.1) is 0 Å². The van der Waals surface area contributed by atoms with E-state index in [9.17, 15) is 26.3 Å². The molecular weight excluding hydrogens is 276 g/mol. The molecule has 0 aromatic rings. The first-order valence-electron chi connectivity index (χ1n) is 6.12. The van der Waals surface area contributed by atoms with Crippen molar-refractivity contribution >= 4 is 0 Å². The van der Waals surface area contributed by atoms with Crippen LogP contribution < -0.4 is 5.32 Å². The van der Waals surface area contributed by atoms with E-state index < -0.39 is 30.2 Å². The molecule has 0 spiro atoms. The van der Waals surface area contributed by atoms with Gasteiger partial charge in [-0.3, -0.25) is 0 Å². The van der Waals surface area contributed by atoms with Crippen LogP contribution in [0, 0.1) is 11.8 Å². The highest BCUT2D eigenvalue weighted by Gasteiger charge is 2.61. The molecule has 1 rings (SSSR count). The fourth-order valence-corrected chi connectivity index (χ4v) is 2.46. The predicted molar refractivity (Wildman–Crippen MR) is 56.6 cm³/mol. The summed E-state index contributed by atoms with van der Waals surface area (Å²) in [5.41, 5.74) is 0. The lowest BCUT2D eigenvalue weighted by Crippen LogP contribution is -2.55. The van der Waals surface area contributed by atoms with Gasteiger partial charge in [-0.25, -0.2) is 0 Å². The van der Waals surface area contributed by atoms with Gasteiger partial charge < -0.3 is 10.1 Å². The molecule has 2 nitrogen and oxygen atoms in total. The van der Waals surface area contributed by atoms with Gasteiger partial charge in [-0.15, -0.1) is 0 Å². The molecule has 0 aromatic heterocycles. The first-order valence-corrected chi connectivity index (χ1v) is 6.12. The third-order valence-corrected chi connectivity index (χ3v) is 3.28. The fraction of sp³-hybridized carbons (Fsp3) is 1.00. The summed E-state index contributed by atoms with van der Waals surface area (Å²) in [6.45, 7) is 1.96. The molecule has 0 aliphatic carbocycles. The van der Waals surface area contributed by atoms with Crippen LogP contribution in [-0.2, 0) is 4.74 Å². The standard InChI is InChI=1S/C11H17F6NO/c1-2-18-8(7-3-5-19-6-4-7)9(10(12,13)14)11(15,16)17/h7-9,18H,2-6H2,1H3. The van der Waals surface area contributed by atoms with E-state index in [-0.39, 0.29) is 32.6 Å². The van der Waals surface area contributed by atoms with Crippen molar-refractivity contribution in [1.82, 2.24) is 5.32 Å². The van der Waals surface area contributed by atoms with Crippen molar-refractivity contribution in [3.8, 4) is 0 Å². The predicted octanol–water partition coefficient (Wildman–Crippen LogP) is 3.13. The minimum atomic E-state index is -5.30. The molecular formula is C11H17F6NO. The molecule has 0 saturated carbocycles. The van der Waals surface area contributed by atoms with E-state index in [0.717, 1.165) is 0 Å². The van der Waals surface area contributed by atoms with Crippen LogP contribution in [0.3, 0.4) is 0 Å². The average molecular weight is 293 g/mol. The van der Waals surface area contributed by atoms with Crippen LogP contribution in [0.4, 0.5) is 26.3 Å². The van der Waals surface area contributed by atoms with Crippen molar-refractivity contribution in [3.63, 3.8) is 0 Å². The number of nitrogens with one attached hydrogen (secondary N) is 1. The normalized spacial score (nSPS) is 20.8. The molecule has 1 heterocycles. The van der Waals surface area contributed by atoms with Crippen LogP contribution >= 0.6 is 0 Å². The molecule has 0 amide bonds. The zero-order valence-corrected chi connectivity index (χ0v) is 10.4. The van der Waals surface area contributed by atoms with Crippen molar-refractivity contribution < 1.29 is 31.1 Å². The Bertz CT molecular complexity index is 257. The molecule has 0 aromatic carbocycles. The minimum Gasteiger partial charge on any atom is -0.381 e. The summed E-state index contributed by atoms with van der Waals surface area (Å²) >= 11 is 0. The van der Waals surface area contributed by atoms with Gasteiger partial charge in [0.2, 0.25) is 0 Å². The van der Waals surface area contributed by atoms with E-state index in [4.69, 9.17) is 4.74 Å². The maximum Gasteiger partial charge on any atom is 0.402 e. The van der Waals surface area contributed by atoms with Crippen LogP contribution in [0.15, 0.2) is 0 Å². The van der Waals surface area contributed by atoms with Crippen molar-refractivity contribution in [1.29, 1.82) is 0 Å². The second kappa shape index (κ2) is 6.30. The lowest BCUT2D eigenvalue weighted by atomic mass is 9.82. The number of ether oxygens (including phenoxy) is 1. The van der Waals surface area contributed by atoms with Crippen LogP contribution in [0.2, 0.25) is 0 Å². The fourth-order valence-electron chi connectivity index (χ4n) is 2.46. The largest absolute Gasteiger partial charge is 0.402 e. The summed E-state index contributed by atoms with van der Waals surface area (Å²) in [7, 11) is 0.